The zero-order chi connectivity index (χ0) is 19.4. The van der Waals surface area contributed by atoms with Crippen molar-refractivity contribution in [1.29, 1.82) is 0 Å². The van der Waals surface area contributed by atoms with Crippen LogP contribution in [0.25, 0.3) is 0 Å². The van der Waals surface area contributed by atoms with Gasteiger partial charge >= 0.3 is 0 Å². The molecule has 6 nitrogen and oxygen atoms in total. The lowest BCUT2D eigenvalue weighted by Gasteiger charge is -2.45. The van der Waals surface area contributed by atoms with Gasteiger partial charge in [0.05, 0.1) is 18.1 Å². The number of likely N-dealkylation sites (N-methyl/N-ethyl adjacent to an activating group) is 2. The standard InChI is InChI=1S/C21H32N4O2/c1-24(2)15-19(26)22-17-10-8-16(9-11-17)21(12-6-13-21)23-20(27)18-7-4-5-14-25(18)3/h8-11,18H,4-7,12-15H2,1-3H3,(H,22,26)(H,23,27). The van der Waals surface area contributed by atoms with Gasteiger partial charge in [0.15, 0.2) is 0 Å². The summed E-state index contributed by atoms with van der Waals surface area (Å²) in [6, 6.07) is 7.93. The number of nitrogens with zero attached hydrogens (tertiary/aromatic N) is 2. The molecule has 1 heterocycles. The third kappa shape index (κ3) is 4.68. The molecule has 6 heteroatoms. The molecule has 0 spiro atoms. The lowest BCUT2D eigenvalue weighted by molar-refractivity contribution is -0.130. The molecule has 1 unspecified atom stereocenters. The van der Waals surface area contributed by atoms with E-state index in [2.05, 4.69) is 15.5 Å². The number of anilines is 1. The zero-order valence-corrected chi connectivity index (χ0v) is 16.8. The van der Waals surface area contributed by atoms with E-state index in [1.54, 1.807) is 0 Å². The number of amides is 2. The van der Waals surface area contributed by atoms with Gasteiger partial charge in [0.2, 0.25) is 11.8 Å². The van der Waals surface area contributed by atoms with Gasteiger partial charge in [0, 0.05) is 5.69 Å². The van der Waals surface area contributed by atoms with Crippen LogP contribution in [0.5, 0.6) is 0 Å². The Morgan fingerprint density at radius 2 is 1.85 bits per heavy atom. The molecule has 1 aliphatic heterocycles. The maximum atomic E-state index is 12.9. The first-order chi connectivity index (χ1) is 12.9. The van der Waals surface area contributed by atoms with Crippen molar-refractivity contribution in [2.24, 2.45) is 0 Å². The summed E-state index contributed by atoms with van der Waals surface area (Å²) in [4.78, 5) is 28.8. The van der Waals surface area contributed by atoms with Crippen LogP contribution in [0.3, 0.4) is 0 Å². The van der Waals surface area contributed by atoms with Crippen LogP contribution >= 0.6 is 0 Å². The van der Waals surface area contributed by atoms with E-state index in [4.69, 9.17) is 0 Å². The highest BCUT2D eigenvalue weighted by molar-refractivity contribution is 5.92. The van der Waals surface area contributed by atoms with Gasteiger partial charge in [-0.05, 0) is 77.5 Å². The minimum atomic E-state index is -0.248. The van der Waals surface area contributed by atoms with E-state index in [9.17, 15) is 9.59 Å². The predicted molar refractivity (Wildman–Crippen MR) is 108 cm³/mol. The normalized spacial score (nSPS) is 22.1. The van der Waals surface area contributed by atoms with E-state index in [0.29, 0.717) is 6.54 Å². The summed E-state index contributed by atoms with van der Waals surface area (Å²) in [5, 5.41) is 6.27. The van der Waals surface area contributed by atoms with E-state index in [-0.39, 0.29) is 23.4 Å². The second kappa shape index (κ2) is 8.40. The molecule has 0 bridgehead atoms. The number of carbonyl (C=O) groups is 2. The quantitative estimate of drug-likeness (QED) is 0.803. The van der Waals surface area contributed by atoms with E-state index < -0.39 is 0 Å². The third-order valence-corrected chi connectivity index (χ3v) is 5.82. The Kier molecular flexibility index (Phi) is 6.17. The monoisotopic (exact) mass is 372 g/mol. The van der Waals surface area contributed by atoms with Gasteiger partial charge in [0.25, 0.3) is 0 Å². The summed E-state index contributed by atoms with van der Waals surface area (Å²) >= 11 is 0. The highest BCUT2D eigenvalue weighted by Gasteiger charge is 2.41. The van der Waals surface area contributed by atoms with Crippen molar-refractivity contribution >= 4 is 17.5 Å². The molecular weight excluding hydrogens is 340 g/mol. The lowest BCUT2D eigenvalue weighted by atomic mass is 9.71. The first kappa shape index (κ1) is 19.8. The van der Waals surface area contributed by atoms with E-state index in [1.165, 1.54) is 6.42 Å². The molecule has 3 rings (SSSR count). The minimum absolute atomic E-state index is 0.0131. The third-order valence-electron chi connectivity index (χ3n) is 5.82. The Morgan fingerprint density at radius 3 is 2.41 bits per heavy atom. The summed E-state index contributed by atoms with van der Waals surface area (Å²) in [5.74, 6) is 0.125. The van der Waals surface area contributed by atoms with Crippen molar-refractivity contribution in [3.05, 3.63) is 29.8 Å². The molecule has 2 N–H and O–H groups in total. The molecular formula is C21H32N4O2. The lowest BCUT2D eigenvalue weighted by Crippen LogP contribution is -2.57. The van der Waals surface area contributed by atoms with E-state index in [0.717, 1.165) is 49.9 Å². The molecule has 148 valence electrons. The topological polar surface area (TPSA) is 64.7 Å². The average Bonchev–Trinajstić information content (AvgIpc) is 2.58. The molecule has 2 fully saturated rings. The second-order valence-electron chi connectivity index (χ2n) is 8.28. The highest BCUT2D eigenvalue weighted by atomic mass is 16.2. The van der Waals surface area contributed by atoms with Gasteiger partial charge in [-0.25, -0.2) is 0 Å². The first-order valence-corrected chi connectivity index (χ1v) is 9.97. The first-order valence-electron chi connectivity index (χ1n) is 9.97. The fourth-order valence-electron chi connectivity index (χ4n) is 4.10. The molecule has 1 saturated heterocycles. The van der Waals surface area contributed by atoms with Crippen molar-refractivity contribution < 1.29 is 9.59 Å². The fourth-order valence-corrected chi connectivity index (χ4v) is 4.10. The molecule has 1 aliphatic carbocycles. The molecule has 0 radical (unpaired) electrons. The summed E-state index contributed by atoms with van der Waals surface area (Å²) in [7, 11) is 5.78. The molecule has 1 atom stereocenters. The smallest absolute Gasteiger partial charge is 0.238 e. The van der Waals surface area contributed by atoms with Crippen LogP contribution < -0.4 is 10.6 Å². The van der Waals surface area contributed by atoms with Crippen molar-refractivity contribution in [2.75, 3.05) is 39.5 Å². The van der Waals surface area contributed by atoms with Crippen molar-refractivity contribution in [3.8, 4) is 0 Å². The Bertz CT molecular complexity index is 667. The van der Waals surface area contributed by atoms with Gasteiger partial charge in [-0.2, -0.15) is 0 Å². The van der Waals surface area contributed by atoms with Crippen LogP contribution in [-0.4, -0.2) is 61.9 Å². The molecule has 27 heavy (non-hydrogen) atoms. The number of hydrogen-bond acceptors (Lipinski definition) is 4. The van der Waals surface area contributed by atoms with Crippen LogP contribution in [0.2, 0.25) is 0 Å². The number of nitrogens with one attached hydrogen (secondary N) is 2. The number of rotatable bonds is 6. The predicted octanol–water partition coefficient (Wildman–Crippen LogP) is 2.17. The van der Waals surface area contributed by atoms with Crippen LogP contribution in [0, 0.1) is 0 Å². The Balaban J connectivity index is 1.66. The summed E-state index contributed by atoms with van der Waals surface area (Å²) < 4.78 is 0. The Hall–Kier alpha value is -1.92. The zero-order valence-electron chi connectivity index (χ0n) is 16.8. The number of piperidine rings is 1. The van der Waals surface area contributed by atoms with Gasteiger partial charge < -0.3 is 15.5 Å². The Labute approximate surface area is 162 Å². The van der Waals surface area contributed by atoms with Crippen molar-refractivity contribution in [2.45, 2.75) is 50.1 Å². The molecule has 1 aromatic carbocycles. The minimum Gasteiger partial charge on any atom is -0.345 e. The SMILES string of the molecule is CN(C)CC(=O)Nc1ccc(C2(NC(=O)C3CCCCN3C)CCC2)cc1. The van der Waals surface area contributed by atoms with Crippen molar-refractivity contribution in [3.63, 3.8) is 0 Å². The van der Waals surface area contributed by atoms with Crippen LogP contribution in [0.15, 0.2) is 24.3 Å². The molecule has 1 aromatic rings. The van der Waals surface area contributed by atoms with Crippen molar-refractivity contribution in [1.82, 2.24) is 15.1 Å². The fraction of sp³-hybridized carbons (Fsp3) is 0.619. The van der Waals surface area contributed by atoms with Gasteiger partial charge in [0.1, 0.15) is 0 Å². The van der Waals surface area contributed by atoms with Gasteiger partial charge in [-0.1, -0.05) is 18.6 Å². The number of likely N-dealkylation sites (tertiary alicyclic amines) is 1. The molecule has 2 amide bonds. The van der Waals surface area contributed by atoms with Gasteiger partial charge in [-0.3, -0.25) is 14.5 Å². The summed E-state index contributed by atoms with van der Waals surface area (Å²) in [5.41, 5.74) is 1.67. The molecule has 2 aliphatic rings. The second-order valence-corrected chi connectivity index (χ2v) is 8.28. The van der Waals surface area contributed by atoms with E-state index in [1.807, 2.05) is 50.3 Å². The maximum Gasteiger partial charge on any atom is 0.238 e. The van der Waals surface area contributed by atoms with Gasteiger partial charge in [-0.15, -0.1) is 0 Å². The average molecular weight is 373 g/mol. The summed E-state index contributed by atoms with van der Waals surface area (Å²) in [6.07, 6.45) is 6.31. The Morgan fingerprint density at radius 1 is 1.15 bits per heavy atom. The number of benzene rings is 1. The maximum absolute atomic E-state index is 12.9. The van der Waals surface area contributed by atoms with Crippen LogP contribution in [0.4, 0.5) is 5.69 Å². The van der Waals surface area contributed by atoms with Crippen LogP contribution in [0.1, 0.15) is 44.1 Å². The molecule has 0 aromatic heterocycles. The highest BCUT2D eigenvalue weighted by Crippen LogP contribution is 2.41. The number of hydrogen-bond donors (Lipinski definition) is 2. The largest absolute Gasteiger partial charge is 0.345 e. The number of carbonyl (C=O) groups excluding carboxylic acids is 2. The summed E-state index contributed by atoms with van der Waals surface area (Å²) in [6.45, 7) is 1.35. The van der Waals surface area contributed by atoms with E-state index >= 15 is 0 Å². The molecule has 1 saturated carbocycles. The van der Waals surface area contributed by atoms with Crippen LogP contribution in [-0.2, 0) is 15.1 Å².